The molecule has 0 radical (unpaired) electrons. The van der Waals surface area contributed by atoms with Gasteiger partial charge < -0.3 is 15.8 Å². The van der Waals surface area contributed by atoms with Crippen molar-refractivity contribution in [2.45, 2.75) is 33.0 Å². The second-order valence-corrected chi connectivity index (χ2v) is 6.35. The fourth-order valence-corrected chi connectivity index (χ4v) is 3.12. The number of ether oxygens (including phenoxy) is 1. The number of amides is 1. The molecule has 0 aromatic heterocycles. The Morgan fingerprint density at radius 1 is 1.33 bits per heavy atom. The second kappa shape index (κ2) is 6.30. The Morgan fingerprint density at radius 2 is 2.00 bits per heavy atom. The molecule has 1 aromatic carbocycles. The summed E-state index contributed by atoms with van der Waals surface area (Å²) < 4.78 is 5.71. The molecule has 114 valence electrons. The predicted octanol–water partition coefficient (Wildman–Crippen LogP) is 2.97. The normalized spacial score (nSPS) is 28.4. The molecule has 21 heavy (non-hydrogen) atoms. The van der Waals surface area contributed by atoms with Crippen LogP contribution in [0.4, 0.5) is 5.69 Å². The van der Waals surface area contributed by atoms with E-state index in [9.17, 15) is 4.79 Å². The summed E-state index contributed by atoms with van der Waals surface area (Å²) in [7, 11) is 0. The molecule has 2 rings (SSSR count). The summed E-state index contributed by atoms with van der Waals surface area (Å²) in [5.41, 5.74) is 6.83. The van der Waals surface area contributed by atoms with Crippen LogP contribution in [0, 0.1) is 11.8 Å². The number of carbonyl (C=O) groups excluding carboxylic acids is 1. The van der Waals surface area contributed by atoms with Crippen LogP contribution in [-0.4, -0.2) is 23.1 Å². The molecule has 4 atom stereocenters. The highest BCUT2D eigenvalue weighted by Crippen LogP contribution is 2.33. The van der Waals surface area contributed by atoms with Crippen LogP contribution in [0.25, 0.3) is 0 Å². The number of halogens is 1. The first-order valence-electron chi connectivity index (χ1n) is 6.87. The number of benzene rings is 1. The molecule has 4 nitrogen and oxygen atoms in total. The van der Waals surface area contributed by atoms with Gasteiger partial charge in [0.05, 0.1) is 23.8 Å². The highest BCUT2D eigenvalue weighted by atomic mass is 35.5. The molecule has 1 aliphatic heterocycles. The zero-order chi connectivity index (χ0) is 15.7. The van der Waals surface area contributed by atoms with Crippen molar-refractivity contribution in [2.75, 3.05) is 5.32 Å². The zero-order valence-corrected chi connectivity index (χ0v) is 13.8. The third kappa shape index (κ3) is 3.36. The molecule has 1 heterocycles. The molecule has 1 aliphatic rings. The van der Waals surface area contributed by atoms with Crippen molar-refractivity contribution >= 4 is 40.4 Å². The molecular weight excluding hydrogens is 308 g/mol. The van der Waals surface area contributed by atoms with Gasteiger partial charge in [-0.3, -0.25) is 4.79 Å². The molecule has 4 unspecified atom stereocenters. The number of hydrogen-bond donors (Lipinski definition) is 2. The highest BCUT2D eigenvalue weighted by molar-refractivity contribution is 7.80. The smallest absolute Gasteiger partial charge is 0.230 e. The van der Waals surface area contributed by atoms with Crippen molar-refractivity contribution in [3.05, 3.63) is 28.8 Å². The maximum Gasteiger partial charge on any atom is 0.230 e. The molecule has 6 heteroatoms. The van der Waals surface area contributed by atoms with Crippen LogP contribution in [0.1, 0.15) is 26.3 Å². The first-order valence-corrected chi connectivity index (χ1v) is 7.65. The lowest BCUT2D eigenvalue weighted by Crippen LogP contribution is -2.32. The van der Waals surface area contributed by atoms with Gasteiger partial charge in [-0.1, -0.05) is 30.7 Å². The Hall–Kier alpha value is -1.17. The van der Waals surface area contributed by atoms with Gasteiger partial charge in [-0.25, -0.2) is 0 Å². The van der Waals surface area contributed by atoms with Gasteiger partial charge in [-0.15, -0.1) is 0 Å². The van der Waals surface area contributed by atoms with Crippen LogP contribution >= 0.6 is 23.8 Å². The molecule has 0 bridgehead atoms. The van der Waals surface area contributed by atoms with E-state index < -0.39 is 0 Å². The Balaban J connectivity index is 2.24. The first-order chi connectivity index (χ1) is 9.81. The predicted molar refractivity (Wildman–Crippen MR) is 88.6 cm³/mol. The molecular formula is C15H19ClN2O2S. The van der Waals surface area contributed by atoms with E-state index in [0.29, 0.717) is 16.3 Å². The van der Waals surface area contributed by atoms with E-state index in [1.807, 2.05) is 20.8 Å². The zero-order valence-electron chi connectivity index (χ0n) is 12.2. The Labute approximate surface area is 135 Å². The van der Waals surface area contributed by atoms with Crippen molar-refractivity contribution in [1.29, 1.82) is 0 Å². The monoisotopic (exact) mass is 326 g/mol. The van der Waals surface area contributed by atoms with Crippen LogP contribution in [0.3, 0.4) is 0 Å². The van der Waals surface area contributed by atoms with Crippen LogP contribution in [0.5, 0.6) is 0 Å². The number of nitrogens with two attached hydrogens (primary N) is 1. The second-order valence-electron chi connectivity index (χ2n) is 5.47. The summed E-state index contributed by atoms with van der Waals surface area (Å²) in [6.07, 6.45) is -0.0624. The third-order valence-electron chi connectivity index (χ3n) is 4.05. The Morgan fingerprint density at radius 3 is 2.52 bits per heavy atom. The molecule has 1 fully saturated rings. The number of rotatable bonds is 3. The van der Waals surface area contributed by atoms with E-state index >= 15 is 0 Å². The first kappa shape index (κ1) is 16.2. The molecule has 1 saturated heterocycles. The van der Waals surface area contributed by atoms with Crippen molar-refractivity contribution in [2.24, 2.45) is 17.6 Å². The fraction of sp³-hybridized carbons (Fsp3) is 0.467. The van der Waals surface area contributed by atoms with Gasteiger partial charge in [0.15, 0.2) is 0 Å². The van der Waals surface area contributed by atoms with Gasteiger partial charge >= 0.3 is 0 Å². The van der Waals surface area contributed by atoms with Crippen molar-refractivity contribution in [1.82, 2.24) is 0 Å². The van der Waals surface area contributed by atoms with E-state index in [4.69, 9.17) is 34.3 Å². The molecule has 0 spiro atoms. The summed E-state index contributed by atoms with van der Waals surface area (Å²) in [4.78, 5) is 12.8. The average Bonchev–Trinajstić information content (AvgIpc) is 2.62. The lowest BCUT2D eigenvalue weighted by molar-refractivity contribution is -0.121. The average molecular weight is 327 g/mol. The number of anilines is 1. The summed E-state index contributed by atoms with van der Waals surface area (Å²) in [6, 6.07) is 5.06. The van der Waals surface area contributed by atoms with Crippen molar-refractivity contribution < 1.29 is 9.53 Å². The molecule has 3 N–H and O–H groups in total. The minimum Gasteiger partial charge on any atom is -0.389 e. The van der Waals surface area contributed by atoms with Crippen molar-refractivity contribution in [3.8, 4) is 0 Å². The fourth-order valence-electron chi connectivity index (χ4n) is 2.77. The number of nitrogens with one attached hydrogen (secondary N) is 1. The standard InChI is InChI=1S/C15H19ClN2O2S/c1-7-8(2)20-9(3)13(7)15(19)18-12-6-10(16)4-5-11(12)14(17)21/h4-9,13H,1-3H3,(H2,17,21)(H,18,19). The van der Waals surface area contributed by atoms with Crippen molar-refractivity contribution in [3.63, 3.8) is 0 Å². The molecule has 0 aliphatic carbocycles. The van der Waals surface area contributed by atoms with E-state index in [2.05, 4.69) is 5.32 Å². The summed E-state index contributed by atoms with van der Waals surface area (Å²) in [5, 5.41) is 3.40. The van der Waals surface area contributed by atoms with Crippen LogP contribution in [0.2, 0.25) is 5.02 Å². The molecule has 0 saturated carbocycles. The molecule has 1 amide bonds. The van der Waals surface area contributed by atoms with Crippen LogP contribution in [-0.2, 0) is 9.53 Å². The van der Waals surface area contributed by atoms with Gasteiger partial charge in [0, 0.05) is 10.6 Å². The summed E-state index contributed by atoms with van der Waals surface area (Å²) in [5.74, 6) is -0.162. The minimum atomic E-state index is -0.210. The Bertz CT molecular complexity index is 579. The number of thiocarbonyl (C=S) groups is 1. The van der Waals surface area contributed by atoms with Gasteiger partial charge in [0.1, 0.15) is 4.99 Å². The van der Waals surface area contributed by atoms with E-state index in [-0.39, 0.29) is 34.9 Å². The topological polar surface area (TPSA) is 64.3 Å². The maximum atomic E-state index is 12.5. The van der Waals surface area contributed by atoms with Gasteiger partial charge in [0.25, 0.3) is 0 Å². The summed E-state index contributed by atoms with van der Waals surface area (Å²) >= 11 is 11.0. The maximum absolute atomic E-state index is 12.5. The SMILES string of the molecule is CC1OC(C)C(C(=O)Nc2cc(Cl)ccc2C(N)=S)C1C. The third-order valence-corrected chi connectivity index (χ3v) is 4.50. The lowest BCUT2D eigenvalue weighted by Gasteiger charge is -2.19. The number of carbonyl (C=O) groups is 1. The number of hydrogen-bond acceptors (Lipinski definition) is 3. The highest BCUT2D eigenvalue weighted by Gasteiger charge is 2.41. The van der Waals surface area contributed by atoms with E-state index in [0.717, 1.165) is 0 Å². The van der Waals surface area contributed by atoms with E-state index in [1.54, 1.807) is 18.2 Å². The largest absolute Gasteiger partial charge is 0.389 e. The van der Waals surface area contributed by atoms with Gasteiger partial charge in [-0.05, 0) is 38.0 Å². The summed E-state index contributed by atoms with van der Waals surface area (Å²) in [6.45, 7) is 5.91. The quantitative estimate of drug-likeness (QED) is 0.838. The van der Waals surface area contributed by atoms with E-state index in [1.165, 1.54) is 0 Å². The van der Waals surface area contributed by atoms with Crippen LogP contribution < -0.4 is 11.1 Å². The van der Waals surface area contributed by atoms with Crippen LogP contribution in [0.15, 0.2) is 18.2 Å². The lowest BCUT2D eigenvalue weighted by atomic mass is 9.88. The molecule has 1 aromatic rings. The minimum absolute atomic E-state index is 0.0603. The van der Waals surface area contributed by atoms with Gasteiger partial charge in [-0.2, -0.15) is 0 Å². The van der Waals surface area contributed by atoms with Gasteiger partial charge in [0.2, 0.25) is 5.91 Å². The Kier molecular flexibility index (Phi) is 4.86.